The molecule has 208 valence electrons. The number of benzene rings is 2. The highest BCUT2D eigenvalue weighted by molar-refractivity contribution is 6.11. The van der Waals surface area contributed by atoms with Gasteiger partial charge in [0.1, 0.15) is 12.1 Å². The number of alkyl halides is 6. The fourth-order valence-electron chi connectivity index (χ4n) is 5.45. The number of imidazole rings is 2. The van der Waals surface area contributed by atoms with Crippen molar-refractivity contribution in [2.24, 2.45) is 0 Å². The standard InChI is InChI=1S/C27H6F6N8O2/c1-36-19-22(37-2)41-21(39-19)15-7-11(4-6-14(15)23(41)42)25(26(28,29)30,27(31,32)33)12-3-5-13-16(8-12)24(43)40-18(10-35)17(9-34)38-20(13)40/h3-8H. The van der Waals surface area contributed by atoms with Crippen LogP contribution in [0.4, 0.5) is 38.0 Å². The Labute approximate surface area is 234 Å². The van der Waals surface area contributed by atoms with Crippen molar-refractivity contribution in [1.29, 1.82) is 10.5 Å². The van der Waals surface area contributed by atoms with Gasteiger partial charge in [0.05, 0.1) is 16.7 Å². The molecule has 0 saturated carbocycles. The van der Waals surface area contributed by atoms with E-state index in [0.717, 1.165) is 12.1 Å². The fraction of sp³-hybridized carbons (Fsp3) is 0.111. The smallest absolute Gasteiger partial charge is 0.372 e. The van der Waals surface area contributed by atoms with E-state index in [9.17, 15) is 46.5 Å². The summed E-state index contributed by atoms with van der Waals surface area (Å²) in [5.74, 6) is -3.98. The molecule has 16 heteroatoms. The van der Waals surface area contributed by atoms with Gasteiger partial charge in [-0.2, -0.15) is 41.4 Å². The maximum atomic E-state index is 14.9. The number of aromatic nitrogens is 4. The molecule has 4 heterocycles. The molecular weight excluding hydrogens is 582 g/mol. The molecule has 0 atom stereocenters. The number of nitriles is 2. The van der Waals surface area contributed by atoms with E-state index in [-0.39, 0.29) is 17.0 Å². The van der Waals surface area contributed by atoms with Gasteiger partial charge < -0.3 is 9.69 Å². The number of fused-ring (bicyclic) bond motifs is 6. The van der Waals surface area contributed by atoms with Crippen molar-refractivity contribution in [1.82, 2.24) is 19.1 Å². The average molecular weight is 588 g/mol. The van der Waals surface area contributed by atoms with Crippen LogP contribution in [0.5, 0.6) is 0 Å². The molecule has 2 aliphatic heterocycles. The quantitative estimate of drug-likeness (QED) is 0.190. The molecule has 43 heavy (non-hydrogen) atoms. The van der Waals surface area contributed by atoms with E-state index >= 15 is 0 Å². The summed E-state index contributed by atoms with van der Waals surface area (Å²) in [7, 11) is 0. The highest BCUT2D eigenvalue weighted by Crippen LogP contribution is 2.57. The third-order valence-electron chi connectivity index (χ3n) is 7.24. The summed E-state index contributed by atoms with van der Waals surface area (Å²) in [6.45, 7) is 14.4. The first-order valence-corrected chi connectivity index (χ1v) is 11.6. The minimum Gasteiger partial charge on any atom is -0.372 e. The van der Waals surface area contributed by atoms with Gasteiger partial charge in [0.25, 0.3) is 17.5 Å². The lowest BCUT2D eigenvalue weighted by Crippen LogP contribution is -2.54. The zero-order valence-corrected chi connectivity index (χ0v) is 20.6. The molecule has 2 aliphatic rings. The predicted octanol–water partition coefficient (Wildman–Crippen LogP) is 5.67. The maximum Gasteiger partial charge on any atom is 0.411 e. The maximum absolute atomic E-state index is 14.9. The summed E-state index contributed by atoms with van der Waals surface area (Å²) in [5.41, 5.74) is -10.1. The lowest BCUT2D eigenvalue weighted by atomic mass is 9.71. The molecule has 0 unspecified atom stereocenters. The second kappa shape index (κ2) is 8.38. The van der Waals surface area contributed by atoms with Crippen LogP contribution in [0.3, 0.4) is 0 Å². The molecule has 0 saturated heterocycles. The largest absolute Gasteiger partial charge is 0.411 e. The van der Waals surface area contributed by atoms with Crippen LogP contribution in [-0.4, -0.2) is 43.3 Å². The van der Waals surface area contributed by atoms with Gasteiger partial charge in [-0.15, -0.1) is 0 Å². The van der Waals surface area contributed by atoms with Gasteiger partial charge in [-0.3, -0.25) is 4.79 Å². The third kappa shape index (κ3) is 3.14. The van der Waals surface area contributed by atoms with Crippen molar-refractivity contribution < 1.29 is 35.9 Å². The van der Waals surface area contributed by atoms with E-state index in [0.29, 0.717) is 33.4 Å². The van der Waals surface area contributed by atoms with Crippen molar-refractivity contribution in [3.8, 4) is 34.9 Å². The molecule has 2 aromatic carbocycles. The first kappa shape index (κ1) is 26.9. The van der Waals surface area contributed by atoms with Gasteiger partial charge >= 0.3 is 24.1 Å². The topological polar surface area (TPSA) is 126 Å². The molecule has 0 radical (unpaired) electrons. The Morgan fingerprint density at radius 1 is 0.721 bits per heavy atom. The number of hydrogen-bond acceptors (Lipinski definition) is 6. The summed E-state index contributed by atoms with van der Waals surface area (Å²) in [6, 6.07) is 6.63. The fourth-order valence-corrected chi connectivity index (χ4v) is 5.45. The second-order valence-electron chi connectivity index (χ2n) is 9.21. The van der Waals surface area contributed by atoms with Crippen molar-refractivity contribution in [3.63, 3.8) is 0 Å². The Bertz CT molecular complexity index is 2150. The number of halogens is 6. The van der Waals surface area contributed by atoms with Crippen molar-refractivity contribution in [3.05, 3.63) is 92.9 Å². The highest BCUT2D eigenvalue weighted by Gasteiger charge is 2.73. The van der Waals surface area contributed by atoms with E-state index < -0.39 is 80.7 Å². The zero-order valence-electron chi connectivity index (χ0n) is 20.6. The molecule has 0 N–H and O–H groups in total. The number of hydrogen-bond donors (Lipinski definition) is 0. The van der Waals surface area contributed by atoms with Gasteiger partial charge in [-0.05, 0) is 29.3 Å². The van der Waals surface area contributed by atoms with Crippen molar-refractivity contribution in [2.45, 2.75) is 17.8 Å². The lowest BCUT2D eigenvalue weighted by Gasteiger charge is -2.38. The van der Waals surface area contributed by atoms with Gasteiger partial charge in [0.2, 0.25) is 5.41 Å². The Morgan fingerprint density at radius 3 is 1.81 bits per heavy atom. The number of nitrogens with zero attached hydrogens (tertiary/aromatic N) is 8. The SMILES string of the molecule is [C-]#[N+]c1nc2n(c1[N+]#[C-])C(=O)c1ccc(C(c3ccc4c(c3)C(=O)n3c-4nc(C#N)c3C#N)(C(F)(F)F)C(F)(F)F)cc1-2. The molecule has 0 bridgehead atoms. The number of carbonyl (C=O) groups excluding carboxylic acids is 2. The van der Waals surface area contributed by atoms with Gasteiger partial charge in [-0.25, -0.2) is 14.3 Å². The second-order valence-corrected chi connectivity index (χ2v) is 9.21. The molecule has 0 amide bonds. The molecule has 0 aliphatic carbocycles. The molecule has 0 fully saturated rings. The van der Waals surface area contributed by atoms with Crippen LogP contribution in [0.25, 0.3) is 32.5 Å². The highest BCUT2D eigenvalue weighted by atomic mass is 19.4. The van der Waals surface area contributed by atoms with Crippen LogP contribution >= 0.6 is 0 Å². The van der Waals surface area contributed by atoms with Crippen molar-refractivity contribution >= 4 is 23.5 Å². The van der Waals surface area contributed by atoms with Crippen molar-refractivity contribution in [2.75, 3.05) is 0 Å². The Balaban J connectivity index is 1.63. The predicted molar refractivity (Wildman–Crippen MR) is 130 cm³/mol. The zero-order chi connectivity index (χ0) is 31.2. The summed E-state index contributed by atoms with van der Waals surface area (Å²) in [5, 5.41) is 18.6. The van der Waals surface area contributed by atoms with Crippen LogP contribution in [0.2, 0.25) is 0 Å². The Morgan fingerprint density at radius 2 is 1.28 bits per heavy atom. The van der Waals surface area contributed by atoms with Crippen LogP contribution < -0.4 is 0 Å². The molecular formula is C27H6F6N8O2. The van der Waals surface area contributed by atoms with Gasteiger partial charge in [-0.1, -0.05) is 36.3 Å². The molecule has 2 aromatic heterocycles. The van der Waals surface area contributed by atoms with Crippen LogP contribution in [0.1, 0.15) is 43.2 Å². The number of carbonyl (C=O) groups is 2. The van der Waals surface area contributed by atoms with Crippen LogP contribution in [0.15, 0.2) is 36.4 Å². The summed E-state index contributed by atoms with van der Waals surface area (Å²) >= 11 is 0. The van der Waals surface area contributed by atoms with Crippen LogP contribution in [0, 0.1) is 35.8 Å². The van der Waals surface area contributed by atoms with Gasteiger partial charge in [0, 0.05) is 5.56 Å². The minimum atomic E-state index is -6.07. The van der Waals surface area contributed by atoms with Gasteiger partial charge in [0.15, 0.2) is 17.2 Å². The van der Waals surface area contributed by atoms with Crippen LogP contribution in [-0.2, 0) is 5.41 Å². The molecule has 4 aromatic rings. The molecule has 6 rings (SSSR count). The first-order valence-electron chi connectivity index (χ1n) is 11.6. The first-order chi connectivity index (χ1) is 20.3. The van der Waals surface area contributed by atoms with E-state index in [1.54, 1.807) is 12.1 Å². The normalized spacial score (nSPS) is 13.3. The van der Waals surface area contributed by atoms with E-state index in [2.05, 4.69) is 19.7 Å². The molecule has 10 nitrogen and oxygen atoms in total. The Hall–Kier alpha value is -6.26. The van der Waals surface area contributed by atoms with E-state index in [1.807, 2.05) is 0 Å². The van der Waals surface area contributed by atoms with E-state index in [1.165, 1.54) is 0 Å². The Kier molecular flexibility index (Phi) is 5.25. The van der Waals surface area contributed by atoms with E-state index in [4.69, 9.17) is 13.1 Å². The minimum absolute atomic E-state index is 0.190. The number of rotatable bonds is 2. The monoisotopic (exact) mass is 588 g/mol. The average Bonchev–Trinajstić information content (AvgIpc) is 3.66. The third-order valence-corrected chi connectivity index (χ3v) is 7.24. The summed E-state index contributed by atoms with van der Waals surface area (Å²) in [4.78, 5) is 39.7. The summed E-state index contributed by atoms with van der Waals surface area (Å²) < 4.78 is 91.0. The summed E-state index contributed by atoms with van der Waals surface area (Å²) in [6.07, 6.45) is -12.1. The lowest BCUT2D eigenvalue weighted by molar-refractivity contribution is -0.288. The molecule has 0 spiro atoms.